The van der Waals surface area contributed by atoms with E-state index in [4.69, 9.17) is 9.47 Å². The van der Waals surface area contributed by atoms with Gasteiger partial charge < -0.3 is 14.6 Å². The maximum absolute atomic E-state index is 10.4. The highest BCUT2D eigenvalue weighted by atomic mass is 32.1. The van der Waals surface area contributed by atoms with Crippen molar-refractivity contribution >= 4 is 21.4 Å². The molecule has 32 heavy (non-hydrogen) atoms. The van der Waals surface area contributed by atoms with Gasteiger partial charge in [0.05, 0.1) is 10.3 Å². The lowest BCUT2D eigenvalue weighted by Crippen LogP contribution is -2.33. The third kappa shape index (κ3) is 4.59. The number of nitrogens with zero attached hydrogens (tertiary/aromatic N) is 1. The van der Waals surface area contributed by atoms with E-state index in [-0.39, 0.29) is 5.75 Å². The summed E-state index contributed by atoms with van der Waals surface area (Å²) < 4.78 is 13.6. The molecule has 0 atom stereocenters. The van der Waals surface area contributed by atoms with Crippen LogP contribution in [0.2, 0.25) is 0 Å². The number of benzene rings is 3. The third-order valence-corrected chi connectivity index (χ3v) is 6.98. The number of fused-ring (bicyclic) bond motifs is 1. The van der Waals surface area contributed by atoms with Crippen LogP contribution in [0.5, 0.6) is 23.0 Å². The van der Waals surface area contributed by atoms with Crippen LogP contribution in [0.3, 0.4) is 0 Å². The van der Waals surface area contributed by atoms with Crippen molar-refractivity contribution in [1.29, 1.82) is 0 Å². The SMILES string of the molecule is Oc1cc(OCCN2CCCCC2)c2c(Oc3ccccc3)c(-c3ccccc3)sc2c1. The van der Waals surface area contributed by atoms with Gasteiger partial charge in [-0.1, -0.05) is 55.0 Å². The van der Waals surface area contributed by atoms with Crippen molar-refractivity contribution in [3.63, 3.8) is 0 Å². The van der Waals surface area contributed by atoms with E-state index in [9.17, 15) is 5.11 Å². The number of hydrogen-bond acceptors (Lipinski definition) is 5. The second-order valence-corrected chi connectivity index (χ2v) is 9.16. The average Bonchev–Trinajstić information content (AvgIpc) is 3.19. The zero-order chi connectivity index (χ0) is 21.8. The van der Waals surface area contributed by atoms with E-state index < -0.39 is 0 Å². The number of hydrogen-bond donors (Lipinski definition) is 1. The molecule has 0 bridgehead atoms. The Bertz CT molecular complexity index is 1170. The number of phenolic OH excluding ortho intramolecular Hbond substituents is 1. The van der Waals surface area contributed by atoms with Crippen molar-refractivity contribution in [2.24, 2.45) is 0 Å². The van der Waals surface area contributed by atoms with Crippen molar-refractivity contribution in [2.75, 3.05) is 26.2 Å². The molecule has 0 radical (unpaired) electrons. The summed E-state index contributed by atoms with van der Waals surface area (Å²) >= 11 is 1.61. The molecule has 1 fully saturated rings. The molecule has 5 heteroatoms. The lowest BCUT2D eigenvalue weighted by atomic mass is 10.1. The molecule has 0 aliphatic carbocycles. The number of para-hydroxylation sites is 1. The normalized spacial score (nSPS) is 14.5. The van der Waals surface area contributed by atoms with Crippen molar-refractivity contribution in [2.45, 2.75) is 19.3 Å². The number of piperidine rings is 1. The van der Waals surface area contributed by atoms with Crippen LogP contribution < -0.4 is 9.47 Å². The Morgan fingerprint density at radius 3 is 2.34 bits per heavy atom. The number of rotatable bonds is 7. The largest absolute Gasteiger partial charge is 0.508 e. The van der Waals surface area contributed by atoms with Gasteiger partial charge in [-0.15, -0.1) is 11.3 Å². The quantitative estimate of drug-likeness (QED) is 0.335. The smallest absolute Gasteiger partial charge is 0.157 e. The van der Waals surface area contributed by atoms with E-state index >= 15 is 0 Å². The van der Waals surface area contributed by atoms with E-state index in [1.165, 1.54) is 19.3 Å². The number of ether oxygens (including phenoxy) is 2. The van der Waals surface area contributed by atoms with Crippen molar-refractivity contribution in [3.05, 3.63) is 72.8 Å². The minimum Gasteiger partial charge on any atom is -0.508 e. The summed E-state index contributed by atoms with van der Waals surface area (Å²) in [6, 6.07) is 23.5. The average molecular weight is 446 g/mol. The molecule has 1 aromatic heterocycles. The van der Waals surface area contributed by atoms with Gasteiger partial charge in [0.25, 0.3) is 0 Å². The fourth-order valence-corrected chi connectivity index (χ4v) is 5.40. The Labute approximate surface area is 192 Å². The molecule has 164 valence electrons. The monoisotopic (exact) mass is 445 g/mol. The summed E-state index contributed by atoms with van der Waals surface area (Å²) in [6.07, 6.45) is 3.84. The van der Waals surface area contributed by atoms with E-state index in [0.717, 1.165) is 51.7 Å². The highest BCUT2D eigenvalue weighted by Gasteiger charge is 2.21. The van der Waals surface area contributed by atoms with Gasteiger partial charge in [-0.2, -0.15) is 0 Å². The van der Waals surface area contributed by atoms with Gasteiger partial charge in [0.1, 0.15) is 23.9 Å². The van der Waals surface area contributed by atoms with Crippen LogP contribution in [-0.4, -0.2) is 36.2 Å². The third-order valence-electron chi connectivity index (χ3n) is 5.81. The van der Waals surface area contributed by atoms with Gasteiger partial charge in [0, 0.05) is 17.3 Å². The van der Waals surface area contributed by atoms with Crippen LogP contribution in [0, 0.1) is 0 Å². The van der Waals surface area contributed by atoms with Crippen molar-refractivity contribution in [3.8, 4) is 33.4 Å². The molecule has 2 heterocycles. The molecule has 0 unspecified atom stereocenters. The van der Waals surface area contributed by atoms with E-state index in [1.807, 2.05) is 48.5 Å². The van der Waals surface area contributed by atoms with E-state index in [1.54, 1.807) is 23.5 Å². The fourth-order valence-electron chi connectivity index (χ4n) is 4.22. The molecular weight excluding hydrogens is 418 g/mol. The fraction of sp³-hybridized carbons (Fsp3) is 0.259. The Morgan fingerprint density at radius 2 is 1.59 bits per heavy atom. The Hall–Kier alpha value is -3.02. The maximum Gasteiger partial charge on any atom is 0.157 e. The number of phenols is 1. The molecule has 0 saturated carbocycles. The minimum atomic E-state index is 0.206. The second kappa shape index (κ2) is 9.63. The summed E-state index contributed by atoms with van der Waals surface area (Å²) in [6.45, 7) is 3.75. The van der Waals surface area contributed by atoms with Gasteiger partial charge in [-0.05, 0) is 49.7 Å². The molecule has 5 rings (SSSR count). The maximum atomic E-state index is 10.4. The molecule has 4 nitrogen and oxygen atoms in total. The molecule has 3 aromatic carbocycles. The van der Waals surface area contributed by atoms with Gasteiger partial charge >= 0.3 is 0 Å². The Kier molecular flexibility index (Phi) is 6.28. The molecular formula is C27H27NO3S. The first-order chi connectivity index (χ1) is 15.8. The first-order valence-electron chi connectivity index (χ1n) is 11.2. The van der Waals surface area contributed by atoms with Gasteiger partial charge in [0.15, 0.2) is 5.75 Å². The topological polar surface area (TPSA) is 41.9 Å². The molecule has 1 aliphatic rings. The highest BCUT2D eigenvalue weighted by Crippen LogP contribution is 2.50. The van der Waals surface area contributed by atoms with Gasteiger partial charge in [0.2, 0.25) is 0 Å². The van der Waals surface area contributed by atoms with Crippen LogP contribution >= 0.6 is 11.3 Å². The first kappa shape index (κ1) is 20.9. The molecule has 1 aliphatic heterocycles. The lowest BCUT2D eigenvalue weighted by molar-refractivity contribution is 0.184. The molecule has 0 spiro atoms. The van der Waals surface area contributed by atoms with Crippen molar-refractivity contribution in [1.82, 2.24) is 4.90 Å². The highest BCUT2D eigenvalue weighted by molar-refractivity contribution is 7.22. The van der Waals surface area contributed by atoms with Crippen LogP contribution in [0.4, 0.5) is 0 Å². The molecule has 1 N–H and O–H groups in total. The molecule has 1 saturated heterocycles. The lowest BCUT2D eigenvalue weighted by Gasteiger charge is -2.26. The summed E-state index contributed by atoms with van der Waals surface area (Å²) in [5, 5.41) is 11.3. The number of likely N-dealkylation sites (tertiary alicyclic amines) is 1. The van der Waals surface area contributed by atoms with Crippen molar-refractivity contribution < 1.29 is 14.6 Å². The first-order valence-corrected chi connectivity index (χ1v) is 12.0. The van der Waals surface area contributed by atoms with Crippen LogP contribution in [0.25, 0.3) is 20.5 Å². The zero-order valence-corrected chi connectivity index (χ0v) is 18.8. The van der Waals surface area contributed by atoms with Crippen LogP contribution in [-0.2, 0) is 0 Å². The second-order valence-electron chi connectivity index (χ2n) is 8.11. The number of thiophene rings is 1. The predicted octanol–water partition coefficient (Wildman–Crippen LogP) is 6.93. The standard InChI is InChI=1S/C27H27NO3S/c29-21-18-23(30-17-16-28-14-8-3-9-15-28)25-24(19-21)32-27(20-10-4-1-5-11-20)26(25)31-22-12-6-2-7-13-22/h1-2,4-7,10-13,18-19,29H,3,8-9,14-17H2. The summed E-state index contributed by atoms with van der Waals surface area (Å²) in [4.78, 5) is 3.48. The van der Waals surface area contributed by atoms with Crippen LogP contribution in [0.1, 0.15) is 19.3 Å². The molecule has 4 aromatic rings. The van der Waals surface area contributed by atoms with Gasteiger partial charge in [-0.3, -0.25) is 4.90 Å². The van der Waals surface area contributed by atoms with Crippen LogP contribution in [0.15, 0.2) is 72.8 Å². The minimum absolute atomic E-state index is 0.206. The zero-order valence-electron chi connectivity index (χ0n) is 18.0. The summed E-state index contributed by atoms with van der Waals surface area (Å²) in [5.41, 5.74) is 1.08. The van der Waals surface area contributed by atoms with E-state index in [0.29, 0.717) is 12.4 Å². The van der Waals surface area contributed by atoms with Gasteiger partial charge in [-0.25, -0.2) is 0 Å². The Balaban J connectivity index is 1.53. The summed E-state index contributed by atoms with van der Waals surface area (Å²) in [5.74, 6) is 2.42. The van der Waals surface area contributed by atoms with E-state index in [2.05, 4.69) is 17.0 Å². The predicted molar refractivity (Wildman–Crippen MR) is 131 cm³/mol. The molecule has 0 amide bonds. The Morgan fingerprint density at radius 1 is 0.875 bits per heavy atom. The summed E-state index contributed by atoms with van der Waals surface area (Å²) in [7, 11) is 0. The number of aromatic hydroxyl groups is 1.